The van der Waals surface area contributed by atoms with E-state index in [4.69, 9.17) is 14.6 Å². The molecule has 2 heterocycles. The third kappa shape index (κ3) is 3.76. The highest BCUT2D eigenvalue weighted by molar-refractivity contribution is 5.68. The lowest BCUT2D eigenvalue weighted by molar-refractivity contribution is -0.139. The predicted octanol–water partition coefficient (Wildman–Crippen LogP) is 1.48. The minimum Gasteiger partial charge on any atom is -0.493 e. The molecule has 0 saturated carbocycles. The van der Waals surface area contributed by atoms with Crippen LogP contribution in [0.25, 0.3) is 0 Å². The fourth-order valence-corrected chi connectivity index (χ4v) is 3.62. The Morgan fingerprint density at radius 1 is 1.30 bits per heavy atom. The van der Waals surface area contributed by atoms with Gasteiger partial charge in [-0.05, 0) is 43.5 Å². The Balaban J connectivity index is 1.74. The van der Waals surface area contributed by atoms with Gasteiger partial charge in [0.1, 0.15) is 0 Å². The third-order valence-electron chi connectivity index (χ3n) is 4.75. The number of carboxylic acid groups (broad SMARTS) is 1. The van der Waals surface area contributed by atoms with Crippen molar-refractivity contribution >= 4 is 5.97 Å². The Kier molecular flexibility index (Phi) is 5.03. The van der Waals surface area contributed by atoms with Gasteiger partial charge in [-0.2, -0.15) is 0 Å². The van der Waals surface area contributed by atoms with E-state index in [-0.39, 0.29) is 6.61 Å². The predicted molar refractivity (Wildman–Crippen MR) is 86.0 cm³/mol. The molecule has 0 radical (unpaired) electrons. The Morgan fingerprint density at radius 3 is 2.91 bits per heavy atom. The topological polar surface area (TPSA) is 71.0 Å². The van der Waals surface area contributed by atoms with Crippen LogP contribution in [0.5, 0.6) is 11.5 Å². The molecule has 0 aliphatic carbocycles. The first-order valence-electron chi connectivity index (χ1n) is 8.15. The Bertz CT molecular complexity index is 550. The van der Waals surface area contributed by atoms with Gasteiger partial charge in [0.2, 0.25) is 0 Å². The van der Waals surface area contributed by atoms with Gasteiger partial charge in [0.25, 0.3) is 0 Å². The fraction of sp³-hybridized carbons (Fsp3) is 0.588. The van der Waals surface area contributed by atoms with Crippen LogP contribution in [0, 0.1) is 0 Å². The molecule has 2 N–H and O–H groups in total. The fourth-order valence-electron chi connectivity index (χ4n) is 3.62. The van der Waals surface area contributed by atoms with Crippen molar-refractivity contribution in [3.8, 4) is 11.5 Å². The number of nitrogens with one attached hydrogen (secondary N) is 1. The average molecular weight is 320 g/mol. The first kappa shape index (κ1) is 16.1. The van der Waals surface area contributed by atoms with Crippen molar-refractivity contribution in [2.45, 2.75) is 37.9 Å². The Hall–Kier alpha value is -1.79. The van der Waals surface area contributed by atoms with Crippen LogP contribution in [-0.2, 0) is 11.3 Å². The summed E-state index contributed by atoms with van der Waals surface area (Å²) in [5, 5.41) is 12.3. The summed E-state index contributed by atoms with van der Waals surface area (Å²) in [7, 11) is 1.56. The van der Waals surface area contributed by atoms with Gasteiger partial charge >= 0.3 is 5.97 Å². The van der Waals surface area contributed by atoms with Gasteiger partial charge in [-0.25, -0.2) is 4.79 Å². The molecule has 0 spiro atoms. The Morgan fingerprint density at radius 2 is 2.13 bits per heavy atom. The molecule has 2 bridgehead atoms. The van der Waals surface area contributed by atoms with Crippen LogP contribution in [0.3, 0.4) is 0 Å². The van der Waals surface area contributed by atoms with Crippen molar-refractivity contribution in [3.05, 3.63) is 23.8 Å². The molecule has 2 atom stereocenters. The van der Waals surface area contributed by atoms with Crippen LogP contribution >= 0.6 is 0 Å². The smallest absolute Gasteiger partial charge is 0.341 e. The number of aliphatic carboxylic acids is 1. The van der Waals surface area contributed by atoms with E-state index in [0.29, 0.717) is 23.6 Å². The van der Waals surface area contributed by atoms with E-state index in [1.165, 1.54) is 19.3 Å². The van der Waals surface area contributed by atoms with Crippen molar-refractivity contribution in [1.82, 2.24) is 10.2 Å². The lowest BCUT2D eigenvalue weighted by atomic mass is 10.1. The van der Waals surface area contributed by atoms with Gasteiger partial charge in [0.05, 0.1) is 7.11 Å². The van der Waals surface area contributed by atoms with Crippen LogP contribution in [0.1, 0.15) is 24.8 Å². The molecule has 1 aromatic rings. The summed E-state index contributed by atoms with van der Waals surface area (Å²) in [6.07, 6.45) is 3.70. The van der Waals surface area contributed by atoms with Gasteiger partial charge in [0, 0.05) is 25.2 Å². The second-order valence-electron chi connectivity index (χ2n) is 6.22. The molecular weight excluding hydrogens is 296 g/mol. The van der Waals surface area contributed by atoms with E-state index in [0.717, 1.165) is 25.2 Å². The maximum absolute atomic E-state index is 10.7. The van der Waals surface area contributed by atoms with Crippen LogP contribution in [0.2, 0.25) is 0 Å². The highest BCUT2D eigenvalue weighted by Crippen LogP contribution is 2.32. The van der Waals surface area contributed by atoms with E-state index in [9.17, 15) is 4.79 Å². The van der Waals surface area contributed by atoms with Crippen LogP contribution < -0.4 is 14.8 Å². The van der Waals surface area contributed by atoms with E-state index < -0.39 is 5.97 Å². The first-order chi connectivity index (χ1) is 11.2. The number of rotatable bonds is 6. The number of hydrogen-bond acceptors (Lipinski definition) is 5. The normalized spacial score (nSPS) is 24.2. The quantitative estimate of drug-likeness (QED) is 0.827. The minimum absolute atomic E-state index is 0.362. The SMILES string of the molecule is COc1ccc(CN2[C@@H]3CCNC[C@H]2CC3)cc1OCC(=O)O. The molecule has 6 nitrogen and oxygen atoms in total. The summed E-state index contributed by atoms with van der Waals surface area (Å²) in [6, 6.07) is 7.02. The standard InChI is InChI=1S/C17H24N2O4/c1-22-15-5-2-12(8-16(15)23-11-17(20)21)10-19-13-3-4-14(19)9-18-7-6-13/h2,5,8,13-14,18H,3-4,6-7,9-11H2,1H3,(H,20,21)/t13-,14+/m0/s1. The highest BCUT2D eigenvalue weighted by Gasteiger charge is 2.34. The Labute approximate surface area is 136 Å². The molecular formula is C17H24N2O4. The number of fused-ring (bicyclic) bond motifs is 2. The summed E-state index contributed by atoms with van der Waals surface area (Å²) in [4.78, 5) is 13.3. The molecule has 0 aromatic heterocycles. The zero-order valence-corrected chi connectivity index (χ0v) is 13.5. The first-order valence-corrected chi connectivity index (χ1v) is 8.15. The summed E-state index contributed by atoms with van der Waals surface area (Å²) in [5.41, 5.74) is 1.13. The number of methoxy groups -OCH3 is 1. The monoisotopic (exact) mass is 320 g/mol. The summed E-state index contributed by atoms with van der Waals surface area (Å²) >= 11 is 0. The van der Waals surface area contributed by atoms with E-state index in [1.54, 1.807) is 7.11 Å². The molecule has 6 heteroatoms. The van der Waals surface area contributed by atoms with Gasteiger partial charge < -0.3 is 19.9 Å². The van der Waals surface area contributed by atoms with Gasteiger partial charge in [0.15, 0.2) is 18.1 Å². The van der Waals surface area contributed by atoms with Crippen LogP contribution in [0.15, 0.2) is 18.2 Å². The molecule has 3 rings (SSSR count). The molecule has 0 unspecified atom stereocenters. The van der Waals surface area contributed by atoms with Gasteiger partial charge in [-0.1, -0.05) is 6.07 Å². The largest absolute Gasteiger partial charge is 0.493 e. The number of carbonyl (C=O) groups is 1. The third-order valence-corrected chi connectivity index (χ3v) is 4.75. The number of benzene rings is 1. The number of nitrogens with zero attached hydrogens (tertiary/aromatic N) is 1. The molecule has 23 heavy (non-hydrogen) atoms. The van der Waals surface area contributed by atoms with Crippen molar-refractivity contribution in [3.63, 3.8) is 0 Å². The summed E-state index contributed by atoms with van der Waals surface area (Å²) < 4.78 is 10.6. The van der Waals surface area contributed by atoms with Gasteiger partial charge in [-0.3, -0.25) is 4.90 Å². The van der Waals surface area contributed by atoms with Crippen molar-refractivity contribution < 1.29 is 19.4 Å². The zero-order chi connectivity index (χ0) is 16.2. The van der Waals surface area contributed by atoms with Crippen molar-refractivity contribution in [2.75, 3.05) is 26.8 Å². The number of hydrogen-bond donors (Lipinski definition) is 2. The number of carboxylic acids is 1. The molecule has 1 aromatic carbocycles. The molecule has 2 saturated heterocycles. The highest BCUT2D eigenvalue weighted by atomic mass is 16.5. The maximum Gasteiger partial charge on any atom is 0.341 e. The second kappa shape index (κ2) is 7.19. The van der Waals surface area contributed by atoms with Gasteiger partial charge in [-0.15, -0.1) is 0 Å². The van der Waals surface area contributed by atoms with Crippen LogP contribution in [-0.4, -0.2) is 54.9 Å². The lowest BCUT2D eigenvalue weighted by Crippen LogP contribution is -2.37. The van der Waals surface area contributed by atoms with Crippen molar-refractivity contribution in [2.24, 2.45) is 0 Å². The summed E-state index contributed by atoms with van der Waals surface area (Å²) in [6.45, 7) is 2.64. The van der Waals surface area contributed by atoms with Crippen LogP contribution in [0.4, 0.5) is 0 Å². The summed E-state index contributed by atoms with van der Waals surface area (Å²) in [5.74, 6) is 0.0669. The molecule has 2 aliphatic rings. The van der Waals surface area contributed by atoms with E-state index in [2.05, 4.69) is 10.2 Å². The molecule has 2 fully saturated rings. The molecule has 2 aliphatic heterocycles. The number of ether oxygens (including phenoxy) is 2. The molecule has 0 amide bonds. The average Bonchev–Trinajstić information content (AvgIpc) is 2.78. The van der Waals surface area contributed by atoms with E-state index >= 15 is 0 Å². The maximum atomic E-state index is 10.7. The zero-order valence-electron chi connectivity index (χ0n) is 13.5. The lowest BCUT2D eigenvalue weighted by Gasteiger charge is -2.27. The minimum atomic E-state index is -0.992. The van der Waals surface area contributed by atoms with Crippen molar-refractivity contribution in [1.29, 1.82) is 0 Å². The molecule has 126 valence electrons. The van der Waals surface area contributed by atoms with E-state index in [1.807, 2.05) is 18.2 Å². The second-order valence-corrected chi connectivity index (χ2v) is 6.22.